The third-order valence-electron chi connectivity index (χ3n) is 3.49. The lowest BCUT2D eigenvalue weighted by atomic mass is 9.98. The maximum Gasteiger partial charge on any atom is 0.233 e. The van der Waals surface area contributed by atoms with Crippen molar-refractivity contribution in [3.63, 3.8) is 0 Å². The summed E-state index contributed by atoms with van der Waals surface area (Å²) in [6, 6.07) is 9.94. The fourth-order valence-corrected chi connectivity index (χ4v) is 2.44. The van der Waals surface area contributed by atoms with Crippen molar-refractivity contribution in [2.24, 2.45) is 5.92 Å². The van der Waals surface area contributed by atoms with Gasteiger partial charge in [-0.25, -0.2) is 0 Å². The molecular weight excluding hydrogens is 226 g/mol. The van der Waals surface area contributed by atoms with Gasteiger partial charge in [-0.1, -0.05) is 36.8 Å². The van der Waals surface area contributed by atoms with Crippen LogP contribution in [0.15, 0.2) is 30.3 Å². The fraction of sp³-hybridized carbons (Fsp3) is 0.467. The smallest absolute Gasteiger partial charge is 0.233 e. The number of likely N-dealkylation sites (tertiary alicyclic amines) is 1. The van der Waals surface area contributed by atoms with Crippen LogP contribution in [0.4, 0.5) is 0 Å². The minimum atomic E-state index is -0.420. The van der Waals surface area contributed by atoms with Crippen LogP contribution in [0, 0.1) is 5.92 Å². The highest BCUT2D eigenvalue weighted by molar-refractivity contribution is 6.00. The van der Waals surface area contributed by atoms with E-state index in [1.165, 1.54) is 6.92 Å². The predicted molar refractivity (Wildman–Crippen MR) is 69.9 cm³/mol. The van der Waals surface area contributed by atoms with E-state index in [4.69, 9.17) is 0 Å². The van der Waals surface area contributed by atoms with Crippen molar-refractivity contribution in [2.45, 2.75) is 32.7 Å². The lowest BCUT2D eigenvalue weighted by Crippen LogP contribution is -2.37. The SMILES string of the molecule is CC(=O)C1CCCCN(Cc2ccccc2)C1=O. The first-order valence-electron chi connectivity index (χ1n) is 6.51. The van der Waals surface area contributed by atoms with Gasteiger partial charge in [0.15, 0.2) is 0 Å². The van der Waals surface area contributed by atoms with E-state index >= 15 is 0 Å². The molecule has 0 radical (unpaired) electrons. The Morgan fingerprint density at radius 1 is 1.28 bits per heavy atom. The van der Waals surface area contributed by atoms with E-state index in [0.29, 0.717) is 13.0 Å². The molecule has 1 atom stereocenters. The lowest BCUT2D eigenvalue weighted by molar-refractivity contribution is -0.140. The summed E-state index contributed by atoms with van der Waals surface area (Å²) in [4.78, 5) is 25.6. The molecule has 1 aliphatic rings. The third kappa shape index (κ3) is 2.97. The van der Waals surface area contributed by atoms with Crippen molar-refractivity contribution in [1.82, 2.24) is 4.90 Å². The van der Waals surface area contributed by atoms with Crippen LogP contribution in [0.1, 0.15) is 31.7 Å². The molecule has 1 aromatic rings. The molecule has 3 heteroatoms. The van der Waals surface area contributed by atoms with E-state index in [1.807, 2.05) is 35.2 Å². The van der Waals surface area contributed by atoms with E-state index < -0.39 is 5.92 Å². The molecule has 0 aromatic heterocycles. The molecule has 1 fully saturated rings. The van der Waals surface area contributed by atoms with Gasteiger partial charge < -0.3 is 4.90 Å². The van der Waals surface area contributed by atoms with Crippen LogP contribution < -0.4 is 0 Å². The Labute approximate surface area is 108 Å². The van der Waals surface area contributed by atoms with Crippen molar-refractivity contribution in [3.05, 3.63) is 35.9 Å². The van der Waals surface area contributed by atoms with Crippen molar-refractivity contribution in [2.75, 3.05) is 6.54 Å². The molecule has 1 aromatic carbocycles. The van der Waals surface area contributed by atoms with Gasteiger partial charge in [0.1, 0.15) is 5.78 Å². The molecule has 2 rings (SSSR count). The number of rotatable bonds is 3. The Bertz CT molecular complexity index is 427. The summed E-state index contributed by atoms with van der Waals surface area (Å²) < 4.78 is 0. The molecule has 1 amide bonds. The van der Waals surface area contributed by atoms with Crippen molar-refractivity contribution >= 4 is 11.7 Å². The Balaban J connectivity index is 2.11. The number of carbonyl (C=O) groups is 2. The number of carbonyl (C=O) groups excluding carboxylic acids is 2. The molecule has 1 saturated heterocycles. The van der Waals surface area contributed by atoms with E-state index in [2.05, 4.69) is 0 Å². The van der Waals surface area contributed by atoms with Gasteiger partial charge in [-0.3, -0.25) is 9.59 Å². The number of hydrogen-bond acceptors (Lipinski definition) is 2. The van der Waals surface area contributed by atoms with E-state index in [1.54, 1.807) is 0 Å². The third-order valence-corrected chi connectivity index (χ3v) is 3.49. The molecule has 96 valence electrons. The Morgan fingerprint density at radius 3 is 2.67 bits per heavy atom. The van der Waals surface area contributed by atoms with Crippen LogP contribution in [-0.2, 0) is 16.1 Å². The number of Topliss-reactive ketones (excluding diaryl/α,β-unsaturated/α-hetero) is 1. The zero-order valence-corrected chi connectivity index (χ0v) is 10.8. The molecule has 1 unspecified atom stereocenters. The minimum absolute atomic E-state index is 0.0000355. The fourth-order valence-electron chi connectivity index (χ4n) is 2.44. The lowest BCUT2D eigenvalue weighted by Gasteiger charge is -2.23. The summed E-state index contributed by atoms with van der Waals surface area (Å²) in [5.74, 6) is -0.417. The second-order valence-corrected chi connectivity index (χ2v) is 4.90. The largest absolute Gasteiger partial charge is 0.338 e. The Hall–Kier alpha value is -1.64. The molecule has 18 heavy (non-hydrogen) atoms. The number of benzene rings is 1. The average molecular weight is 245 g/mol. The maximum absolute atomic E-state index is 12.3. The second-order valence-electron chi connectivity index (χ2n) is 4.90. The average Bonchev–Trinajstić information content (AvgIpc) is 2.54. The predicted octanol–water partition coefficient (Wildman–Crippen LogP) is 2.40. The quantitative estimate of drug-likeness (QED) is 0.767. The van der Waals surface area contributed by atoms with Crippen LogP contribution in [0.5, 0.6) is 0 Å². The van der Waals surface area contributed by atoms with E-state index in [9.17, 15) is 9.59 Å². The van der Waals surface area contributed by atoms with Crippen LogP contribution in [0.3, 0.4) is 0 Å². The minimum Gasteiger partial charge on any atom is -0.338 e. The normalized spacial score (nSPS) is 20.6. The molecule has 1 heterocycles. The maximum atomic E-state index is 12.3. The Kier molecular flexibility index (Phi) is 4.13. The summed E-state index contributed by atoms with van der Waals surface area (Å²) in [6.07, 6.45) is 2.66. The molecule has 3 nitrogen and oxygen atoms in total. The number of ketones is 1. The number of nitrogens with zero attached hydrogens (tertiary/aromatic N) is 1. The van der Waals surface area contributed by atoms with Gasteiger partial charge >= 0.3 is 0 Å². The van der Waals surface area contributed by atoms with E-state index in [0.717, 1.165) is 24.9 Å². The molecule has 0 saturated carbocycles. The van der Waals surface area contributed by atoms with E-state index in [-0.39, 0.29) is 11.7 Å². The molecule has 0 bridgehead atoms. The monoisotopic (exact) mass is 245 g/mol. The highest BCUT2D eigenvalue weighted by Crippen LogP contribution is 2.20. The molecule has 1 aliphatic heterocycles. The van der Waals surface area contributed by atoms with Gasteiger partial charge in [-0.2, -0.15) is 0 Å². The summed E-state index contributed by atoms with van der Waals surface area (Å²) >= 11 is 0. The summed E-state index contributed by atoms with van der Waals surface area (Å²) in [7, 11) is 0. The Morgan fingerprint density at radius 2 is 2.00 bits per heavy atom. The van der Waals surface area contributed by atoms with Gasteiger partial charge in [-0.15, -0.1) is 0 Å². The molecule has 0 aliphatic carbocycles. The number of amides is 1. The highest BCUT2D eigenvalue weighted by Gasteiger charge is 2.29. The topological polar surface area (TPSA) is 37.4 Å². The molecule has 0 spiro atoms. The zero-order chi connectivity index (χ0) is 13.0. The van der Waals surface area contributed by atoms with Crippen molar-refractivity contribution < 1.29 is 9.59 Å². The van der Waals surface area contributed by atoms with Gasteiger partial charge in [0.2, 0.25) is 5.91 Å². The summed E-state index contributed by atoms with van der Waals surface area (Å²) in [5.41, 5.74) is 1.12. The zero-order valence-electron chi connectivity index (χ0n) is 10.8. The molecule has 0 N–H and O–H groups in total. The van der Waals surface area contributed by atoms with Crippen LogP contribution in [0.25, 0.3) is 0 Å². The van der Waals surface area contributed by atoms with Crippen molar-refractivity contribution in [1.29, 1.82) is 0 Å². The number of hydrogen-bond donors (Lipinski definition) is 0. The summed E-state index contributed by atoms with van der Waals surface area (Å²) in [6.45, 7) is 2.90. The van der Waals surface area contributed by atoms with Crippen LogP contribution >= 0.6 is 0 Å². The van der Waals surface area contributed by atoms with Crippen LogP contribution in [0.2, 0.25) is 0 Å². The first kappa shape index (κ1) is 12.8. The highest BCUT2D eigenvalue weighted by atomic mass is 16.2. The van der Waals surface area contributed by atoms with Gasteiger partial charge in [0.05, 0.1) is 5.92 Å². The van der Waals surface area contributed by atoms with Crippen molar-refractivity contribution in [3.8, 4) is 0 Å². The van der Waals surface area contributed by atoms with Gasteiger partial charge in [0.25, 0.3) is 0 Å². The first-order chi connectivity index (χ1) is 8.68. The first-order valence-corrected chi connectivity index (χ1v) is 6.51. The van der Waals surface area contributed by atoms with Gasteiger partial charge in [0, 0.05) is 13.1 Å². The second kappa shape index (κ2) is 5.80. The van der Waals surface area contributed by atoms with Gasteiger partial charge in [-0.05, 0) is 25.3 Å². The standard InChI is InChI=1S/C15H19NO2/c1-12(17)14-9-5-6-10-16(15(14)18)11-13-7-3-2-4-8-13/h2-4,7-8,14H,5-6,9-11H2,1H3. The van der Waals surface area contributed by atoms with Crippen LogP contribution in [-0.4, -0.2) is 23.1 Å². The summed E-state index contributed by atoms with van der Waals surface area (Å²) in [5, 5.41) is 0. The molecular formula is C15H19NO2.